The second kappa shape index (κ2) is 8.59. The van der Waals surface area contributed by atoms with E-state index in [0.717, 1.165) is 16.7 Å². The van der Waals surface area contributed by atoms with Gasteiger partial charge in [-0.2, -0.15) is 0 Å². The molecule has 1 atom stereocenters. The molecule has 0 radical (unpaired) electrons. The number of benzene rings is 2. The maximum absolute atomic E-state index is 12.5. The highest BCUT2D eigenvalue weighted by Crippen LogP contribution is 2.23. The molecule has 2 aromatic carbocycles. The fourth-order valence-corrected chi connectivity index (χ4v) is 3.10. The molecule has 28 heavy (non-hydrogen) atoms. The minimum absolute atomic E-state index is 0.0207. The summed E-state index contributed by atoms with van der Waals surface area (Å²) < 4.78 is 5.38. The van der Waals surface area contributed by atoms with Crippen LogP contribution in [-0.2, 0) is 0 Å². The third kappa shape index (κ3) is 4.61. The van der Waals surface area contributed by atoms with Crippen molar-refractivity contribution in [3.05, 3.63) is 75.9 Å². The lowest BCUT2D eigenvalue weighted by molar-refractivity contribution is 0.0933. The zero-order chi connectivity index (χ0) is 20.3. The van der Waals surface area contributed by atoms with Crippen LogP contribution in [0.15, 0.2) is 53.1 Å². The number of halogens is 1. The molecule has 3 aromatic rings. The summed E-state index contributed by atoms with van der Waals surface area (Å²) in [6.45, 7) is 4.54. The van der Waals surface area contributed by atoms with Crippen molar-refractivity contribution in [2.75, 3.05) is 20.6 Å². The Balaban J connectivity index is 1.69. The summed E-state index contributed by atoms with van der Waals surface area (Å²) in [5, 5.41) is 7.56. The Kier molecular flexibility index (Phi) is 6.17. The van der Waals surface area contributed by atoms with Crippen LogP contribution in [0.2, 0.25) is 5.02 Å². The van der Waals surface area contributed by atoms with Crippen LogP contribution >= 0.6 is 11.6 Å². The molecule has 1 heterocycles. The molecule has 0 aliphatic rings. The molecule has 1 unspecified atom stereocenters. The molecule has 6 heteroatoms. The van der Waals surface area contributed by atoms with Crippen molar-refractivity contribution < 1.29 is 9.32 Å². The van der Waals surface area contributed by atoms with Crippen molar-refractivity contribution in [3.8, 4) is 11.3 Å². The molecular weight excluding hydrogens is 374 g/mol. The third-order valence-electron chi connectivity index (χ3n) is 4.87. The van der Waals surface area contributed by atoms with E-state index in [2.05, 4.69) is 17.4 Å². The zero-order valence-corrected chi connectivity index (χ0v) is 17.2. The van der Waals surface area contributed by atoms with E-state index in [1.165, 1.54) is 5.56 Å². The summed E-state index contributed by atoms with van der Waals surface area (Å²) in [6.07, 6.45) is 0. The molecule has 0 saturated heterocycles. The maximum atomic E-state index is 12.5. The van der Waals surface area contributed by atoms with Gasteiger partial charge in [0.2, 0.25) is 0 Å². The van der Waals surface area contributed by atoms with Gasteiger partial charge in [-0.1, -0.05) is 41.0 Å². The lowest BCUT2D eigenvalue weighted by Gasteiger charge is -2.25. The second-order valence-corrected chi connectivity index (χ2v) is 7.55. The van der Waals surface area contributed by atoms with Gasteiger partial charge in [0, 0.05) is 23.2 Å². The van der Waals surface area contributed by atoms with Gasteiger partial charge >= 0.3 is 0 Å². The number of likely N-dealkylation sites (N-methyl/N-ethyl adjacent to an activating group) is 1. The van der Waals surface area contributed by atoms with Crippen LogP contribution in [-0.4, -0.2) is 36.6 Å². The predicted octanol–water partition coefficient (Wildman–Crippen LogP) is 4.64. The van der Waals surface area contributed by atoms with Crippen LogP contribution in [0, 0.1) is 13.8 Å². The molecular formula is C22H24ClN3O2. The molecule has 0 aliphatic heterocycles. The van der Waals surface area contributed by atoms with Gasteiger partial charge < -0.3 is 14.7 Å². The third-order valence-corrected chi connectivity index (χ3v) is 5.12. The van der Waals surface area contributed by atoms with Gasteiger partial charge in [-0.25, -0.2) is 0 Å². The highest BCUT2D eigenvalue weighted by atomic mass is 35.5. The minimum atomic E-state index is -0.264. The SMILES string of the molecule is Cc1ccc(-c2cc(C(=O)NCC(c3ccc(Cl)cc3)N(C)C)no2)cc1C. The number of nitrogens with zero attached hydrogens (tertiary/aromatic N) is 2. The molecule has 0 spiro atoms. The number of rotatable bonds is 6. The van der Waals surface area contributed by atoms with Crippen LogP contribution in [0.5, 0.6) is 0 Å². The average Bonchev–Trinajstić information content (AvgIpc) is 3.15. The topological polar surface area (TPSA) is 58.4 Å². The van der Waals surface area contributed by atoms with Gasteiger partial charge in [0.15, 0.2) is 11.5 Å². The molecule has 146 valence electrons. The molecule has 5 nitrogen and oxygen atoms in total. The molecule has 3 rings (SSSR count). The molecule has 1 N–H and O–H groups in total. The summed E-state index contributed by atoms with van der Waals surface area (Å²) in [7, 11) is 3.94. The Bertz CT molecular complexity index is 964. The van der Waals surface area contributed by atoms with Crippen molar-refractivity contribution in [3.63, 3.8) is 0 Å². The highest BCUT2D eigenvalue weighted by Gasteiger charge is 2.18. The normalized spacial score (nSPS) is 12.2. The van der Waals surface area contributed by atoms with Crippen molar-refractivity contribution in [1.82, 2.24) is 15.4 Å². The molecule has 1 aromatic heterocycles. The smallest absolute Gasteiger partial charge is 0.273 e. The Labute approximate surface area is 170 Å². The Hall–Kier alpha value is -2.63. The van der Waals surface area contributed by atoms with Gasteiger partial charge in [0.1, 0.15) is 0 Å². The standard InChI is InChI=1S/C22H24ClN3O2/c1-14-5-6-17(11-15(14)2)21-12-19(25-28-21)22(27)24-13-20(26(3)4)16-7-9-18(23)10-8-16/h5-12,20H,13H2,1-4H3,(H,24,27). The summed E-state index contributed by atoms with van der Waals surface area (Å²) in [4.78, 5) is 14.6. The zero-order valence-electron chi connectivity index (χ0n) is 16.5. The minimum Gasteiger partial charge on any atom is -0.355 e. The number of hydrogen-bond donors (Lipinski definition) is 1. The predicted molar refractivity (Wildman–Crippen MR) is 112 cm³/mol. The van der Waals surface area contributed by atoms with Crippen LogP contribution in [0.1, 0.15) is 33.2 Å². The van der Waals surface area contributed by atoms with Crippen molar-refractivity contribution in [1.29, 1.82) is 0 Å². The van der Waals surface area contributed by atoms with Crippen LogP contribution in [0.25, 0.3) is 11.3 Å². The van der Waals surface area contributed by atoms with E-state index >= 15 is 0 Å². The van der Waals surface area contributed by atoms with Gasteiger partial charge in [0.05, 0.1) is 6.04 Å². The van der Waals surface area contributed by atoms with Gasteiger partial charge in [0.25, 0.3) is 5.91 Å². The van der Waals surface area contributed by atoms with E-state index in [1.807, 2.05) is 68.4 Å². The van der Waals surface area contributed by atoms with Crippen LogP contribution < -0.4 is 5.32 Å². The van der Waals surface area contributed by atoms with Crippen LogP contribution in [0.3, 0.4) is 0 Å². The number of carbonyl (C=O) groups is 1. The monoisotopic (exact) mass is 397 g/mol. The number of amides is 1. The van der Waals surface area contributed by atoms with E-state index in [1.54, 1.807) is 6.07 Å². The van der Waals surface area contributed by atoms with E-state index in [4.69, 9.17) is 16.1 Å². The Morgan fingerprint density at radius 2 is 1.82 bits per heavy atom. The van der Waals surface area contributed by atoms with E-state index in [9.17, 15) is 4.79 Å². The molecule has 0 saturated carbocycles. The van der Waals surface area contributed by atoms with Crippen molar-refractivity contribution >= 4 is 17.5 Å². The second-order valence-electron chi connectivity index (χ2n) is 7.12. The first-order valence-corrected chi connectivity index (χ1v) is 9.47. The number of carbonyl (C=O) groups excluding carboxylic acids is 1. The lowest BCUT2D eigenvalue weighted by atomic mass is 10.0. The molecule has 0 aliphatic carbocycles. The Morgan fingerprint density at radius 3 is 2.46 bits per heavy atom. The Morgan fingerprint density at radius 1 is 1.11 bits per heavy atom. The molecule has 1 amide bonds. The van der Waals surface area contributed by atoms with Crippen molar-refractivity contribution in [2.45, 2.75) is 19.9 Å². The highest BCUT2D eigenvalue weighted by molar-refractivity contribution is 6.30. The van der Waals surface area contributed by atoms with E-state index in [0.29, 0.717) is 17.3 Å². The van der Waals surface area contributed by atoms with Crippen molar-refractivity contribution in [2.24, 2.45) is 0 Å². The quantitative estimate of drug-likeness (QED) is 0.658. The summed E-state index contributed by atoms with van der Waals surface area (Å²) in [6, 6.07) is 15.3. The average molecular weight is 398 g/mol. The van der Waals surface area contributed by atoms with E-state index < -0.39 is 0 Å². The maximum Gasteiger partial charge on any atom is 0.273 e. The number of nitrogens with one attached hydrogen (secondary N) is 1. The first-order chi connectivity index (χ1) is 13.3. The van der Waals surface area contributed by atoms with Crippen LogP contribution in [0.4, 0.5) is 0 Å². The molecule has 0 bridgehead atoms. The van der Waals surface area contributed by atoms with Gasteiger partial charge in [-0.05, 0) is 62.8 Å². The van der Waals surface area contributed by atoms with Gasteiger partial charge in [-0.15, -0.1) is 0 Å². The fourth-order valence-electron chi connectivity index (χ4n) is 2.98. The first kappa shape index (κ1) is 20.1. The number of aryl methyl sites for hydroxylation is 2. The fraction of sp³-hybridized carbons (Fsp3) is 0.273. The summed E-state index contributed by atoms with van der Waals surface area (Å²) in [5.74, 6) is 0.315. The number of hydrogen-bond acceptors (Lipinski definition) is 4. The largest absolute Gasteiger partial charge is 0.355 e. The molecule has 0 fully saturated rings. The van der Waals surface area contributed by atoms with Gasteiger partial charge in [-0.3, -0.25) is 4.79 Å². The summed E-state index contributed by atoms with van der Waals surface area (Å²) in [5.41, 5.74) is 4.62. The lowest BCUT2D eigenvalue weighted by Crippen LogP contribution is -2.34. The first-order valence-electron chi connectivity index (χ1n) is 9.09. The number of aromatic nitrogens is 1. The van der Waals surface area contributed by atoms with E-state index in [-0.39, 0.29) is 17.6 Å². The summed E-state index contributed by atoms with van der Waals surface area (Å²) >= 11 is 5.97.